The molecule has 1 aliphatic heterocycles. The Morgan fingerprint density at radius 2 is 2.15 bits per heavy atom. The van der Waals surface area contributed by atoms with Gasteiger partial charge in [0.1, 0.15) is 5.82 Å². The summed E-state index contributed by atoms with van der Waals surface area (Å²) in [7, 11) is 0. The first-order chi connectivity index (χ1) is 9.63. The van der Waals surface area contributed by atoms with Gasteiger partial charge in [0.05, 0.1) is 12.6 Å². The summed E-state index contributed by atoms with van der Waals surface area (Å²) in [5, 5.41) is 10.5. The molecule has 0 fully saturated rings. The summed E-state index contributed by atoms with van der Waals surface area (Å²) in [6.07, 6.45) is 3.43. The molecule has 1 aliphatic rings. The normalized spacial score (nSPS) is 16.9. The molecule has 3 rings (SSSR count). The smallest absolute Gasteiger partial charge is 0.122 e. The van der Waals surface area contributed by atoms with E-state index in [1.165, 1.54) is 5.56 Å². The number of aryl methyl sites for hydroxylation is 2. The van der Waals surface area contributed by atoms with Crippen molar-refractivity contribution < 1.29 is 5.11 Å². The monoisotopic (exact) mass is 271 g/mol. The van der Waals surface area contributed by atoms with Crippen LogP contribution in [-0.2, 0) is 13.1 Å². The number of β-amino-alcohol motifs (C(OH)–C–C–N with tert-alkyl or cyclic N) is 1. The van der Waals surface area contributed by atoms with E-state index in [9.17, 15) is 5.11 Å². The summed E-state index contributed by atoms with van der Waals surface area (Å²) in [6, 6.07) is 6.25. The van der Waals surface area contributed by atoms with Gasteiger partial charge in [0, 0.05) is 32.0 Å². The third-order valence-electron chi connectivity index (χ3n) is 4.05. The molecule has 0 spiro atoms. The van der Waals surface area contributed by atoms with E-state index < -0.39 is 6.10 Å². The van der Waals surface area contributed by atoms with Gasteiger partial charge < -0.3 is 9.67 Å². The third kappa shape index (κ3) is 2.62. The van der Waals surface area contributed by atoms with Crippen molar-refractivity contribution in [2.45, 2.75) is 33.0 Å². The van der Waals surface area contributed by atoms with Gasteiger partial charge in [-0.2, -0.15) is 0 Å². The molecule has 1 aromatic carbocycles. The lowest BCUT2D eigenvalue weighted by molar-refractivity contribution is 0.0958. The maximum absolute atomic E-state index is 10.5. The quantitative estimate of drug-likeness (QED) is 0.929. The summed E-state index contributed by atoms with van der Waals surface area (Å²) >= 11 is 0. The van der Waals surface area contributed by atoms with Crippen molar-refractivity contribution in [3.8, 4) is 0 Å². The van der Waals surface area contributed by atoms with Crippen molar-refractivity contribution in [2.24, 2.45) is 0 Å². The average Bonchev–Trinajstić information content (AvgIpc) is 2.89. The molecule has 106 valence electrons. The summed E-state index contributed by atoms with van der Waals surface area (Å²) in [4.78, 5) is 6.63. The van der Waals surface area contributed by atoms with Crippen LogP contribution in [0.25, 0.3) is 0 Å². The molecule has 4 heteroatoms. The Labute approximate surface area is 119 Å². The van der Waals surface area contributed by atoms with Crippen molar-refractivity contribution in [1.29, 1.82) is 0 Å². The molecule has 0 radical (unpaired) electrons. The highest BCUT2D eigenvalue weighted by molar-refractivity contribution is 5.32. The minimum absolute atomic E-state index is 0.434. The predicted octanol–water partition coefficient (Wildman–Crippen LogP) is 2.05. The van der Waals surface area contributed by atoms with Gasteiger partial charge in [0.15, 0.2) is 0 Å². The third-order valence-corrected chi connectivity index (χ3v) is 4.05. The lowest BCUT2D eigenvalue weighted by atomic mass is 10.0. The standard InChI is InChI=1S/C16H21N3O/c1-12-3-4-13(2)14(9-12)15(20)10-18-7-8-19-6-5-17-16(19)11-18/h3-6,9,15,20H,7-8,10-11H2,1-2H3. The Balaban J connectivity index is 1.71. The van der Waals surface area contributed by atoms with Crippen LogP contribution in [-0.4, -0.2) is 32.6 Å². The Morgan fingerprint density at radius 1 is 1.30 bits per heavy atom. The first-order valence-corrected chi connectivity index (χ1v) is 7.11. The van der Waals surface area contributed by atoms with Crippen LogP contribution >= 0.6 is 0 Å². The number of nitrogens with zero attached hydrogens (tertiary/aromatic N) is 3. The van der Waals surface area contributed by atoms with Crippen LogP contribution in [0.5, 0.6) is 0 Å². The fourth-order valence-electron chi connectivity index (χ4n) is 2.84. The SMILES string of the molecule is Cc1ccc(C)c(C(O)CN2CCn3ccnc3C2)c1. The van der Waals surface area contributed by atoms with Gasteiger partial charge in [-0.15, -0.1) is 0 Å². The molecule has 4 nitrogen and oxygen atoms in total. The summed E-state index contributed by atoms with van der Waals surface area (Å²) in [5.74, 6) is 1.09. The topological polar surface area (TPSA) is 41.3 Å². The van der Waals surface area contributed by atoms with E-state index in [0.717, 1.165) is 36.6 Å². The van der Waals surface area contributed by atoms with Crippen LogP contribution in [0.3, 0.4) is 0 Å². The Hall–Kier alpha value is -1.65. The number of hydrogen-bond donors (Lipinski definition) is 1. The molecule has 1 aromatic heterocycles. The first-order valence-electron chi connectivity index (χ1n) is 7.11. The van der Waals surface area contributed by atoms with E-state index >= 15 is 0 Å². The van der Waals surface area contributed by atoms with Crippen LogP contribution in [0.4, 0.5) is 0 Å². The van der Waals surface area contributed by atoms with Crippen LogP contribution in [0.2, 0.25) is 0 Å². The van der Waals surface area contributed by atoms with Crippen LogP contribution in [0, 0.1) is 13.8 Å². The van der Waals surface area contributed by atoms with Crippen molar-refractivity contribution in [1.82, 2.24) is 14.5 Å². The van der Waals surface area contributed by atoms with E-state index in [2.05, 4.69) is 46.5 Å². The summed E-state index contributed by atoms with van der Waals surface area (Å²) in [6.45, 7) is 7.51. The van der Waals surface area contributed by atoms with Crippen LogP contribution < -0.4 is 0 Å². The Kier molecular flexibility index (Phi) is 3.59. The van der Waals surface area contributed by atoms with Gasteiger partial charge in [-0.05, 0) is 25.0 Å². The molecular formula is C16H21N3O. The Morgan fingerprint density at radius 3 is 3.00 bits per heavy atom. The second-order valence-corrected chi connectivity index (χ2v) is 5.65. The number of rotatable bonds is 3. The van der Waals surface area contributed by atoms with E-state index in [1.54, 1.807) is 0 Å². The van der Waals surface area contributed by atoms with E-state index in [-0.39, 0.29) is 0 Å². The van der Waals surface area contributed by atoms with Gasteiger partial charge in [0.2, 0.25) is 0 Å². The highest BCUT2D eigenvalue weighted by atomic mass is 16.3. The number of hydrogen-bond acceptors (Lipinski definition) is 3. The molecule has 1 N–H and O–H groups in total. The van der Waals surface area contributed by atoms with Gasteiger partial charge in [0.25, 0.3) is 0 Å². The second-order valence-electron chi connectivity index (χ2n) is 5.65. The molecule has 0 bridgehead atoms. The zero-order chi connectivity index (χ0) is 14.1. The minimum atomic E-state index is -0.434. The van der Waals surface area contributed by atoms with E-state index in [0.29, 0.717) is 6.54 Å². The van der Waals surface area contributed by atoms with Crippen LogP contribution in [0.15, 0.2) is 30.6 Å². The number of imidazole rings is 1. The van der Waals surface area contributed by atoms with Crippen molar-refractivity contribution in [2.75, 3.05) is 13.1 Å². The first kappa shape index (κ1) is 13.3. The zero-order valence-electron chi connectivity index (χ0n) is 12.1. The summed E-state index contributed by atoms with van der Waals surface area (Å²) < 4.78 is 2.18. The molecular weight excluding hydrogens is 250 g/mol. The molecule has 0 aliphatic carbocycles. The van der Waals surface area contributed by atoms with Gasteiger partial charge in [-0.1, -0.05) is 23.8 Å². The van der Waals surface area contributed by atoms with E-state index in [1.807, 2.05) is 12.4 Å². The molecule has 1 atom stereocenters. The maximum atomic E-state index is 10.5. The molecule has 0 saturated heterocycles. The molecule has 0 saturated carbocycles. The molecule has 0 amide bonds. The maximum Gasteiger partial charge on any atom is 0.122 e. The number of aromatic nitrogens is 2. The number of aliphatic hydroxyl groups excluding tert-OH is 1. The largest absolute Gasteiger partial charge is 0.387 e. The minimum Gasteiger partial charge on any atom is -0.387 e. The van der Waals surface area contributed by atoms with Crippen molar-refractivity contribution >= 4 is 0 Å². The molecule has 20 heavy (non-hydrogen) atoms. The van der Waals surface area contributed by atoms with Gasteiger partial charge >= 0.3 is 0 Å². The lowest BCUT2D eigenvalue weighted by Gasteiger charge is -2.29. The zero-order valence-corrected chi connectivity index (χ0v) is 12.1. The molecule has 2 aromatic rings. The highest BCUT2D eigenvalue weighted by Gasteiger charge is 2.20. The number of aliphatic hydroxyl groups is 1. The van der Waals surface area contributed by atoms with Crippen molar-refractivity contribution in [3.63, 3.8) is 0 Å². The van der Waals surface area contributed by atoms with Gasteiger partial charge in [-0.3, -0.25) is 4.90 Å². The number of benzene rings is 1. The average molecular weight is 271 g/mol. The molecule has 1 unspecified atom stereocenters. The summed E-state index contributed by atoms with van der Waals surface area (Å²) in [5.41, 5.74) is 3.39. The van der Waals surface area contributed by atoms with Crippen molar-refractivity contribution in [3.05, 3.63) is 53.1 Å². The van der Waals surface area contributed by atoms with Gasteiger partial charge in [-0.25, -0.2) is 4.98 Å². The fraction of sp³-hybridized carbons (Fsp3) is 0.438. The fourth-order valence-corrected chi connectivity index (χ4v) is 2.84. The van der Waals surface area contributed by atoms with Crippen LogP contribution in [0.1, 0.15) is 28.6 Å². The molecule has 2 heterocycles. The predicted molar refractivity (Wildman–Crippen MR) is 78.4 cm³/mol. The number of fused-ring (bicyclic) bond motifs is 1. The Bertz CT molecular complexity index is 606. The lowest BCUT2D eigenvalue weighted by Crippen LogP contribution is -2.36. The second kappa shape index (κ2) is 5.38. The van der Waals surface area contributed by atoms with E-state index in [4.69, 9.17) is 0 Å². The highest BCUT2D eigenvalue weighted by Crippen LogP contribution is 2.21.